The topological polar surface area (TPSA) is 21.3 Å². The third-order valence-corrected chi connectivity index (χ3v) is 5.38. The molecule has 16 heavy (non-hydrogen) atoms. The molecule has 1 saturated heterocycles. The third kappa shape index (κ3) is 2.14. The van der Waals surface area contributed by atoms with Crippen molar-refractivity contribution in [1.82, 2.24) is 5.32 Å². The van der Waals surface area contributed by atoms with E-state index in [1.54, 1.807) is 0 Å². The normalized spacial score (nSPS) is 33.4. The van der Waals surface area contributed by atoms with E-state index in [-0.39, 0.29) is 0 Å². The van der Waals surface area contributed by atoms with Gasteiger partial charge in [-0.25, -0.2) is 0 Å². The van der Waals surface area contributed by atoms with E-state index in [0.717, 1.165) is 19.1 Å². The van der Waals surface area contributed by atoms with E-state index in [9.17, 15) is 0 Å². The van der Waals surface area contributed by atoms with Crippen molar-refractivity contribution in [3.63, 3.8) is 0 Å². The van der Waals surface area contributed by atoms with E-state index < -0.39 is 0 Å². The quantitative estimate of drug-likeness (QED) is 0.797. The van der Waals surface area contributed by atoms with Gasteiger partial charge in [0.1, 0.15) is 0 Å². The van der Waals surface area contributed by atoms with E-state index in [1.807, 2.05) is 0 Å². The minimum absolute atomic E-state index is 0.515. The van der Waals surface area contributed by atoms with Crippen LogP contribution < -0.4 is 5.32 Å². The molecule has 1 aliphatic carbocycles. The average Bonchev–Trinajstić information content (AvgIpc) is 2.73. The number of hydrogen-bond donors (Lipinski definition) is 1. The van der Waals surface area contributed by atoms with Crippen LogP contribution in [-0.4, -0.2) is 25.8 Å². The zero-order valence-electron chi connectivity index (χ0n) is 11.3. The number of rotatable bonds is 3. The third-order valence-electron chi connectivity index (χ3n) is 5.38. The summed E-state index contributed by atoms with van der Waals surface area (Å²) in [6, 6.07) is 0.690. The highest BCUT2D eigenvalue weighted by molar-refractivity contribution is 5.12. The number of ether oxygens (including phenoxy) is 1. The Bertz CT molecular complexity index is 225. The highest BCUT2D eigenvalue weighted by Crippen LogP contribution is 2.67. The molecule has 0 spiro atoms. The molecule has 1 saturated carbocycles. The van der Waals surface area contributed by atoms with E-state index in [0.29, 0.717) is 16.9 Å². The van der Waals surface area contributed by atoms with Crippen molar-refractivity contribution < 1.29 is 4.74 Å². The van der Waals surface area contributed by atoms with Crippen molar-refractivity contribution in [2.75, 3.05) is 19.8 Å². The van der Waals surface area contributed by atoms with Gasteiger partial charge in [0.15, 0.2) is 0 Å². The largest absolute Gasteiger partial charge is 0.381 e. The van der Waals surface area contributed by atoms with Gasteiger partial charge in [-0.2, -0.15) is 0 Å². The van der Waals surface area contributed by atoms with Crippen LogP contribution in [0.15, 0.2) is 0 Å². The van der Waals surface area contributed by atoms with E-state index in [4.69, 9.17) is 4.74 Å². The van der Waals surface area contributed by atoms with Crippen LogP contribution in [0.25, 0.3) is 0 Å². The fourth-order valence-corrected chi connectivity index (χ4v) is 3.24. The fourth-order valence-electron chi connectivity index (χ4n) is 3.24. The molecule has 0 aromatic rings. The maximum Gasteiger partial charge on any atom is 0.0480 e. The highest BCUT2D eigenvalue weighted by atomic mass is 16.5. The molecule has 0 aromatic heterocycles. The predicted octanol–water partition coefficient (Wildman–Crippen LogP) is 2.83. The highest BCUT2D eigenvalue weighted by Gasteiger charge is 2.63. The first-order chi connectivity index (χ1) is 7.46. The van der Waals surface area contributed by atoms with Gasteiger partial charge in [0.2, 0.25) is 0 Å². The van der Waals surface area contributed by atoms with Crippen molar-refractivity contribution in [2.24, 2.45) is 16.7 Å². The van der Waals surface area contributed by atoms with Gasteiger partial charge < -0.3 is 10.1 Å². The molecule has 0 amide bonds. The molecule has 94 valence electrons. The smallest absolute Gasteiger partial charge is 0.0480 e. The van der Waals surface area contributed by atoms with Crippen LogP contribution >= 0.6 is 0 Å². The summed E-state index contributed by atoms with van der Waals surface area (Å²) >= 11 is 0. The Morgan fingerprint density at radius 2 is 1.75 bits per heavy atom. The molecule has 1 N–H and O–H groups in total. The second kappa shape index (κ2) is 4.30. The Labute approximate surface area is 100 Å². The fraction of sp³-hybridized carbons (Fsp3) is 1.00. The van der Waals surface area contributed by atoms with Gasteiger partial charge >= 0.3 is 0 Å². The second-order valence-electron chi connectivity index (χ2n) is 6.64. The van der Waals surface area contributed by atoms with Crippen LogP contribution in [-0.2, 0) is 4.74 Å². The summed E-state index contributed by atoms with van der Waals surface area (Å²) in [5, 5.41) is 3.75. The molecular weight excluding hydrogens is 198 g/mol. The lowest BCUT2D eigenvalue weighted by molar-refractivity contribution is 0.142. The molecule has 2 aliphatic rings. The summed E-state index contributed by atoms with van der Waals surface area (Å²) in [4.78, 5) is 0. The molecule has 0 bridgehead atoms. The van der Waals surface area contributed by atoms with Gasteiger partial charge in [-0.3, -0.25) is 0 Å². The molecule has 1 heterocycles. The molecule has 1 aliphatic heterocycles. The maximum atomic E-state index is 5.49. The van der Waals surface area contributed by atoms with E-state index >= 15 is 0 Å². The Morgan fingerprint density at radius 1 is 1.06 bits per heavy atom. The van der Waals surface area contributed by atoms with Crippen LogP contribution in [0.5, 0.6) is 0 Å². The molecule has 1 atom stereocenters. The van der Waals surface area contributed by atoms with E-state index in [2.05, 4.69) is 33.0 Å². The van der Waals surface area contributed by atoms with Gasteiger partial charge in [-0.1, -0.05) is 27.7 Å². The predicted molar refractivity (Wildman–Crippen MR) is 67.5 cm³/mol. The zero-order chi connectivity index (χ0) is 11.8. The first kappa shape index (κ1) is 12.4. The van der Waals surface area contributed by atoms with Crippen LogP contribution in [0.1, 0.15) is 47.0 Å². The average molecular weight is 225 g/mol. The summed E-state index contributed by atoms with van der Waals surface area (Å²) in [5.41, 5.74) is 1.03. The van der Waals surface area contributed by atoms with Gasteiger partial charge in [0.05, 0.1) is 0 Å². The summed E-state index contributed by atoms with van der Waals surface area (Å²) in [5.74, 6) is 0.837. The SMILES string of the molecule is CC1(C)C(CNC2CCCOCC2)C1(C)C. The Kier molecular flexibility index (Phi) is 3.33. The van der Waals surface area contributed by atoms with Crippen LogP contribution in [0.3, 0.4) is 0 Å². The van der Waals surface area contributed by atoms with Gasteiger partial charge in [0.25, 0.3) is 0 Å². The van der Waals surface area contributed by atoms with Crippen LogP contribution in [0.4, 0.5) is 0 Å². The molecule has 0 aromatic carbocycles. The Morgan fingerprint density at radius 3 is 2.38 bits per heavy atom. The van der Waals surface area contributed by atoms with E-state index in [1.165, 1.54) is 25.8 Å². The number of hydrogen-bond acceptors (Lipinski definition) is 2. The van der Waals surface area contributed by atoms with Gasteiger partial charge in [-0.15, -0.1) is 0 Å². The molecular formula is C14H27NO. The van der Waals surface area contributed by atoms with Crippen LogP contribution in [0, 0.1) is 16.7 Å². The lowest BCUT2D eigenvalue weighted by atomic mass is 10.0. The monoisotopic (exact) mass is 225 g/mol. The lowest BCUT2D eigenvalue weighted by Crippen LogP contribution is -2.32. The molecule has 1 unspecified atom stereocenters. The van der Waals surface area contributed by atoms with Crippen LogP contribution in [0.2, 0.25) is 0 Å². The van der Waals surface area contributed by atoms with Crippen molar-refractivity contribution in [3.05, 3.63) is 0 Å². The summed E-state index contributed by atoms with van der Waals surface area (Å²) < 4.78 is 5.49. The summed E-state index contributed by atoms with van der Waals surface area (Å²) in [7, 11) is 0. The molecule has 2 nitrogen and oxygen atoms in total. The number of nitrogens with one attached hydrogen (secondary N) is 1. The standard InChI is InChI=1S/C14H27NO/c1-13(2)12(14(13,3)4)10-15-11-6-5-8-16-9-7-11/h11-12,15H,5-10H2,1-4H3. The van der Waals surface area contributed by atoms with Crippen molar-refractivity contribution >= 4 is 0 Å². The molecule has 0 radical (unpaired) electrons. The van der Waals surface area contributed by atoms with Crippen molar-refractivity contribution in [3.8, 4) is 0 Å². The van der Waals surface area contributed by atoms with Gasteiger partial charge in [-0.05, 0) is 42.6 Å². The second-order valence-corrected chi connectivity index (χ2v) is 6.64. The van der Waals surface area contributed by atoms with Gasteiger partial charge in [0, 0.05) is 19.3 Å². The lowest BCUT2D eigenvalue weighted by Gasteiger charge is -2.16. The summed E-state index contributed by atoms with van der Waals surface area (Å²) in [6.07, 6.45) is 3.69. The van der Waals surface area contributed by atoms with Crippen molar-refractivity contribution in [1.29, 1.82) is 0 Å². The summed E-state index contributed by atoms with van der Waals surface area (Å²) in [6.45, 7) is 12.7. The minimum atomic E-state index is 0.515. The molecule has 2 fully saturated rings. The first-order valence-corrected chi connectivity index (χ1v) is 6.77. The molecule has 2 heteroatoms. The van der Waals surface area contributed by atoms with Crippen molar-refractivity contribution in [2.45, 2.75) is 53.0 Å². The Hall–Kier alpha value is -0.0800. The maximum absolute atomic E-state index is 5.49. The zero-order valence-corrected chi connectivity index (χ0v) is 11.3. The minimum Gasteiger partial charge on any atom is -0.381 e. The molecule has 2 rings (SSSR count). The first-order valence-electron chi connectivity index (χ1n) is 6.77. The Balaban J connectivity index is 1.76.